The second kappa shape index (κ2) is 6.07. The van der Waals surface area contributed by atoms with Gasteiger partial charge in [-0.3, -0.25) is 4.79 Å². The van der Waals surface area contributed by atoms with Gasteiger partial charge in [0.25, 0.3) is 0 Å². The SMILES string of the molecule is CC(C)C(C)N(C)C(=O)NC(CC(=O)O)C1CC1. The molecule has 2 atom stereocenters. The molecule has 0 spiro atoms. The maximum Gasteiger partial charge on any atom is 0.317 e. The number of rotatable bonds is 6. The summed E-state index contributed by atoms with van der Waals surface area (Å²) in [7, 11) is 1.75. The van der Waals surface area contributed by atoms with E-state index in [1.807, 2.05) is 6.92 Å². The first-order valence-electron chi connectivity index (χ1n) is 6.58. The molecular formula is C13H24N2O3. The van der Waals surface area contributed by atoms with Crippen LogP contribution >= 0.6 is 0 Å². The van der Waals surface area contributed by atoms with E-state index in [1.54, 1.807) is 11.9 Å². The van der Waals surface area contributed by atoms with Gasteiger partial charge in [0.2, 0.25) is 0 Å². The van der Waals surface area contributed by atoms with Crippen LogP contribution in [0.5, 0.6) is 0 Å². The highest BCUT2D eigenvalue weighted by atomic mass is 16.4. The first-order chi connectivity index (χ1) is 8.32. The zero-order valence-corrected chi connectivity index (χ0v) is 11.6. The lowest BCUT2D eigenvalue weighted by Gasteiger charge is -2.30. The lowest BCUT2D eigenvalue weighted by molar-refractivity contribution is -0.137. The number of aliphatic carboxylic acids is 1. The van der Waals surface area contributed by atoms with Gasteiger partial charge in [-0.1, -0.05) is 13.8 Å². The summed E-state index contributed by atoms with van der Waals surface area (Å²) in [5.41, 5.74) is 0. The maximum atomic E-state index is 12.0. The Labute approximate surface area is 109 Å². The quantitative estimate of drug-likeness (QED) is 0.763. The van der Waals surface area contributed by atoms with Gasteiger partial charge >= 0.3 is 12.0 Å². The van der Waals surface area contributed by atoms with Crippen LogP contribution in [0.4, 0.5) is 4.79 Å². The fourth-order valence-corrected chi connectivity index (χ4v) is 1.91. The van der Waals surface area contributed by atoms with Gasteiger partial charge in [-0.2, -0.15) is 0 Å². The van der Waals surface area contributed by atoms with E-state index in [4.69, 9.17) is 5.11 Å². The van der Waals surface area contributed by atoms with Crippen molar-refractivity contribution in [1.82, 2.24) is 10.2 Å². The highest BCUT2D eigenvalue weighted by molar-refractivity contribution is 5.76. The van der Waals surface area contributed by atoms with Gasteiger partial charge in [0, 0.05) is 19.1 Å². The molecule has 1 saturated carbocycles. The van der Waals surface area contributed by atoms with E-state index in [0.29, 0.717) is 11.8 Å². The standard InChI is InChI=1S/C13H24N2O3/c1-8(2)9(3)15(4)13(18)14-11(7-12(16)17)10-5-6-10/h8-11H,5-7H2,1-4H3,(H,14,18)(H,16,17). The highest BCUT2D eigenvalue weighted by Gasteiger charge is 2.34. The van der Waals surface area contributed by atoms with Gasteiger partial charge in [-0.05, 0) is 31.6 Å². The van der Waals surface area contributed by atoms with Crippen LogP contribution in [0.25, 0.3) is 0 Å². The third-order valence-corrected chi connectivity index (χ3v) is 3.79. The van der Waals surface area contributed by atoms with Crippen LogP contribution in [0.2, 0.25) is 0 Å². The second-order valence-corrected chi connectivity index (χ2v) is 5.59. The number of urea groups is 1. The van der Waals surface area contributed by atoms with E-state index in [9.17, 15) is 9.59 Å². The van der Waals surface area contributed by atoms with E-state index in [-0.39, 0.29) is 24.5 Å². The van der Waals surface area contributed by atoms with E-state index < -0.39 is 5.97 Å². The second-order valence-electron chi connectivity index (χ2n) is 5.59. The van der Waals surface area contributed by atoms with Crippen molar-refractivity contribution in [2.75, 3.05) is 7.05 Å². The summed E-state index contributed by atoms with van der Waals surface area (Å²) >= 11 is 0. The molecule has 2 unspecified atom stereocenters. The molecule has 0 bridgehead atoms. The zero-order valence-electron chi connectivity index (χ0n) is 11.6. The topological polar surface area (TPSA) is 69.6 Å². The average Bonchev–Trinajstić information content (AvgIpc) is 3.08. The molecule has 18 heavy (non-hydrogen) atoms. The summed E-state index contributed by atoms with van der Waals surface area (Å²) in [6, 6.07) is -0.263. The number of carbonyl (C=O) groups excluding carboxylic acids is 1. The molecule has 2 amide bonds. The molecule has 5 heteroatoms. The highest BCUT2D eigenvalue weighted by Crippen LogP contribution is 2.34. The minimum absolute atomic E-state index is 0.0142. The predicted octanol–water partition coefficient (Wildman–Crippen LogP) is 1.93. The molecule has 0 aromatic heterocycles. The smallest absolute Gasteiger partial charge is 0.317 e. The first kappa shape index (κ1) is 14.8. The number of carboxylic acids is 1. The first-order valence-corrected chi connectivity index (χ1v) is 6.58. The Kier molecular flexibility index (Phi) is 4.99. The third-order valence-electron chi connectivity index (χ3n) is 3.79. The largest absolute Gasteiger partial charge is 0.481 e. The van der Waals surface area contributed by atoms with Gasteiger partial charge in [0.1, 0.15) is 0 Å². The molecule has 2 N–H and O–H groups in total. The maximum absolute atomic E-state index is 12.0. The van der Waals surface area contributed by atoms with E-state index in [0.717, 1.165) is 12.8 Å². The van der Waals surface area contributed by atoms with Crippen LogP contribution in [0.3, 0.4) is 0 Å². The van der Waals surface area contributed by atoms with Crippen LogP contribution in [-0.4, -0.2) is 41.1 Å². The molecule has 1 rings (SSSR count). The number of nitrogens with one attached hydrogen (secondary N) is 1. The molecule has 0 aromatic carbocycles. The van der Waals surface area contributed by atoms with Crippen molar-refractivity contribution in [2.45, 2.75) is 52.1 Å². The Bertz CT molecular complexity index is 313. The molecule has 1 aliphatic carbocycles. The summed E-state index contributed by atoms with van der Waals surface area (Å²) in [6.07, 6.45) is 2.05. The number of amides is 2. The van der Waals surface area contributed by atoms with Gasteiger partial charge < -0.3 is 15.3 Å². The summed E-state index contributed by atoms with van der Waals surface area (Å²) in [4.78, 5) is 24.5. The van der Waals surface area contributed by atoms with Crippen LogP contribution in [0, 0.1) is 11.8 Å². The number of carbonyl (C=O) groups is 2. The molecule has 0 heterocycles. The molecule has 104 valence electrons. The van der Waals surface area contributed by atoms with Crippen LogP contribution in [-0.2, 0) is 4.79 Å². The Hall–Kier alpha value is -1.26. The average molecular weight is 256 g/mol. The van der Waals surface area contributed by atoms with Crippen molar-refractivity contribution in [3.05, 3.63) is 0 Å². The fraction of sp³-hybridized carbons (Fsp3) is 0.846. The lowest BCUT2D eigenvalue weighted by atomic mass is 10.1. The Balaban J connectivity index is 2.52. The Morgan fingerprint density at radius 3 is 2.28 bits per heavy atom. The number of carboxylic acid groups (broad SMARTS) is 1. The van der Waals surface area contributed by atoms with Gasteiger partial charge in [0.15, 0.2) is 0 Å². The van der Waals surface area contributed by atoms with Gasteiger partial charge in [-0.25, -0.2) is 4.79 Å². The van der Waals surface area contributed by atoms with E-state index in [1.165, 1.54) is 0 Å². The molecule has 0 aromatic rings. The molecular weight excluding hydrogens is 232 g/mol. The zero-order chi connectivity index (χ0) is 13.9. The molecule has 1 aliphatic rings. The minimum Gasteiger partial charge on any atom is -0.481 e. The summed E-state index contributed by atoms with van der Waals surface area (Å²) in [6.45, 7) is 6.11. The number of hydrogen-bond acceptors (Lipinski definition) is 2. The molecule has 0 saturated heterocycles. The van der Waals surface area contributed by atoms with E-state index >= 15 is 0 Å². The van der Waals surface area contributed by atoms with Crippen molar-refractivity contribution < 1.29 is 14.7 Å². The summed E-state index contributed by atoms with van der Waals surface area (Å²) in [5, 5.41) is 11.7. The van der Waals surface area contributed by atoms with Crippen molar-refractivity contribution in [1.29, 1.82) is 0 Å². The van der Waals surface area contributed by atoms with Gasteiger partial charge in [-0.15, -0.1) is 0 Å². The van der Waals surface area contributed by atoms with Crippen molar-refractivity contribution in [3.63, 3.8) is 0 Å². The van der Waals surface area contributed by atoms with Crippen LogP contribution in [0.15, 0.2) is 0 Å². The summed E-state index contributed by atoms with van der Waals surface area (Å²) < 4.78 is 0. The third kappa shape index (κ3) is 4.20. The Morgan fingerprint density at radius 2 is 1.89 bits per heavy atom. The predicted molar refractivity (Wildman–Crippen MR) is 69.4 cm³/mol. The number of nitrogens with zero attached hydrogens (tertiary/aromatic N) is 1. The summed E-state index contributed by atoms with van der Waals surface area (Å²) in [5.74, 6) is -0.140. The minimum atomic E-state index is -0.855. The normalized spacial score (nSPS) is 18.3. The molecule has 1 fully saturated rings. The Morgan fingerprint density at radius 1 is 1.33 bits per heavy atom. The fourth-order valence-electron chi connectivity index (χ4n) is 1.91. The molecule has 5 nitrogen and oxygen atoms in total. The molecule has 0 aliphatic heterocycles. The van der Waals surface area contributed by atoms with Crippen LogP contribution < -0.4 is 5.32 Å². The van der Waals surface area contributed by atoms with Crippen LogP contribution in [0.1, 0.15) is 40.0 Å². The van der Waals surface area contributed by atoms with Crippen molar-refractivity contribution in [3.8, 4) is 0 Å². The van der Waals surface area contributed by atoms with Crippen molar-refractivity contribution >= 4 is 12.0 Å². The number of hydrogen-bond donors (Lipinski definition) is 2. The monoisotopic (exact) mass is 256 g/mol. The van der Waals surface area contributed by atoms with E-state index in [2.05, 4.69) is 19.2 Å². The van der Waals surface area contributed by atoms with Crippen molar-refractivity contribution in [2.24, 2.45) is 11.8 Å². The van der Waals surface area contributed by atoms with Gasteiger partial charge in [0.05, 0.1) is 6.42 Å². The lowest BCUT2D eigenvalue weighted by Crippen LogP contribution is -2.49. The molecule has 0 radical (unpaired) electrons.